The van der Waals surface area contributed by atoms with Crippen LogP contribution in [0.25, 0.3) is 0 Å². The molecule has 0 amide bonds. The number of thioether (sulfide) groups is 1. The third kappa shape index (κ3) is 5.40. The van der Waals surface area contributed by atoms with E-state index in [0.717, 1.165) is 35.9 Å². The Morgan fingerprint density at radius 2 is 2.28 bits per heavy atom. The minimum atomic E-state index is 0.605. The van der Waals surface area contributed by atoms with Crippen LogP contribution in [-0.2, 0) is 0 Å². The van der Waals surface area contributed by atoms with Crippen molar-refractivity contribution in [2.24, 2.45) is 0 Å². The number of hydrogen-bond acceptors (Lipinski definition) is 5. The van der Waals surface area contributed by atoms with Gasteiger partial charge < -0.3 is 10.1 Å². The zero-order valence-electron chi connectivity index (χ0n) is 11.3. The number of nitrogens with zero attached hydrogens (tertiary/aromatic N) is 2. The topological polar surface area (TPSA) is 47.0 Å². The minimum absolute atomic E-state index is 0.605. The highest BCUT2D eigenvalue weighted by atomic mass is 32.2. The van der Waals surface area contributed by atoms with Gasteiger partial charge in [-0.25, -0.2) is 4.98 Å². The molecule has 0 aliphatic heterocycles. The van der Waals surface area contributed by atoms with Crippen molar-refractivity contribution in [3.63, 3.8) is 0 Å². The highest BCUT2D eigenvalue weighted by Gasteiger charge is 2.04. The molecule has 0 saturated heterocycles. The third-order valence-electron chi connectivity index (χ3n) is 2.20. The molecule has 1 N–H and O–H groups in total. The van der Waals surface area contributed by atoms with Crippen LogP contribution in [0.4, 0.5) is 5.82 Å². The molecule has 0 spiro atoms. The molecule has 1 rings (SSSR count). The average Bonchev–Trinajstić information content (AvgIpc) is 2.35. The van der Waals surface area contributed by atoms with E-state index < -0.39 is 0 Å². The second kappa shape index (κ2) is 7.97. The summed E-state index contributed by atoms with van der Waals surface area (Å²) in [6, 6.07) is 1.84. The predicted molar refractivity (Wildman–Crippen MR) is 77.5 cm³/mol. The first-order chi connectivity index (χ1) is 8.65. The first-order valence-electron chi connectivity index (χ1n) is 6.09. The van der Waals surface area contributed by atoms with Crippen LogP contribution in [0.1, 0.15) is 26.7 Å². The van der Waals surface area contributed by atoms with E-state index in [-0.39, 0.29) is 0 Å². The second-order valence-electron chi connectivity index (χ2n) is 4.06. The van der Waals surface area contributed by atoms with Gasteiger partial charge in [0.25, 0.3) is 0 Å². The van der Waals surface area contributed by atoms with Crippen molar-refractivity contribution in [2.45, 2.75) is 31.8 Å². The monoisotopic (exact) mass is 267 g/mol. The molecule has 0 aromatic carbocycles. The van der Waals surface area contributed by atoms with Gasteiger partial charge in [-0.05, 0) is 19.6 Å². The first kappa shape index (κ1) is 14.8. The Morgan fingerprint density at radius 1 is 1.50 bits per heavy atom. The first-order valence-corrected chi connectivity index (χ1v) is 7.32. The van der Waals surface area contributed by atoms with Crippen molar-refractivity contribution >= 4 is 17.6 Å². The van der Waals surface area contributed by atoms with E-state index in [2.05, 4.69) is 28.8 Å². The fourth-order valence-electron chi connectivity index (χ4n) is 1.24. The standard InChI is InChI=1S/C13H21N3OS/c1-5-7-14-11-9-12(16-13(15-11)18-4)17-8-6-10(2)3/h9H,2,5-8H2,1,3-4H3,(H,14,15,16). The van der Waals surface area contributed by atoms with E-state index in [1.807, 2.05) is 19.2 Å². The van der Waals surface area contributed by atoms with Crippen LogP contribution in [0.5, 0.6) is 5.88 Å². The van der Waals surface area contributed by atoms with Crippen LogP contribution in [0.2, 0.25) is 0 Å². The summed E-state index contributed by atoms with van der Waals surface area (Å²) in [6.45, 7) is 9.46. The van der Waals surface area contributed by atoms with Crippen LogP contribution in [-0.4, -0.2) is 29.4 Å². The molecule has 0 bridgehead atoms. The van der Waals surface area contributed by atoms with E-state index in [9.17, 15) is 0 Å². The average molecular weight is 267 g/mol. The number of rotatable bonds is 8. The van der Waals surface area contributed by atoms with Gasteiger partial charge in [0.05, 0.1) is 6.61 Å². The summed E-state index contributed by atoms with van der Waals surface area (Å²) >= 11 is 1.51. The van der Waals surface area contributed by atoms with Crippen molar-refractivity contribution in [1.82, 2.24) is 9.97 Å². The fourth-order valence-corrected chi connectivity index (χ4v) is 1.61. The van der Waals surface area contributed by atoms with E-state index >= 15 is 0 Å². The van der Waals surface area contributed by atoms with Crippen LogP contribution in [0, 0.1) is 0 Å². The molecule has 0 fully saturated rings. The molecule has 0 saturated carbocycles. The number of nitrogens with one attached hydrogen (secondary N) is 1. The zero-order chi connectivity index (χ0) is 13.4. The Labute approximate surface area is 113 Å². The number of ether oxygens (including phenoxy) is 1. The molecule has 18 heavy (non-hydrogen) atoms. The zero-order valence-corrected chi connectivity index (χ0v) is 12.1. The molecule has 1 aromatic heterocycles. The maximum absolute atomic E-state index is 5.61. The van der Waals surface area contributed by atoms with Crippen LogP contribution >= 0.6 is 11.8 Å². The molecule has 0 radical (unpaired) electrons. The SMILES string of the molecule is C=C(C)CCOc1cc(NCCC)nc(SC)n1. The lowest BCUT2D eigenvalue weighted by Gasteiger charge is -2.09. The van der Waals surface area contributed by atoms with Crippen LogP contribution < -0.4 is 10.1 Å². The van der Waals surface area contributed by atoms with E-state index in [1.165, 1.54) is 11.8 Å². The largest absolute Gasteiger partial charge is 0.477 e. The summed E-state index contributed by atoms with van der Waals surface area (Å²) in [5.74, 6) is 1.44. The summed E-state index contributed by atoms with van der Waals surface area (Å²) in [5.41, 5.74) is 1.11. The summed E-state index contributed by atoms with van der Waals surface area (Å²) in [5, 5.41) is 3.97. The molecule has 5 heteroatoms. The number of aromatic nitrogens is 2. The summed E-state index contributed by atoms with van der Waals surface area (Å²) in [4.78, 5) is 8.69. The molecule has 1 heterocycles. The molecule has 0 aliphatic rings. The maximum Gasteiger partial charge on any atom is 0.219 e. The smallest absolute Gasteiger partial charge is 0.219 e. The van der Waals surface area contributed by atoms with Gasteiger partial charge in [-0.1, -0.05) is 24.3 Å². The van der Waals surface area contributed by atoms with Gasteiger partial charge in [-0.2, -0.15) is 4.98 Å². The van der Waals surface area contributed by atoms with Gasteiger partial charge in [0, 0.05) is 19.0 Å². The van der Waals surface area contributed by atoms with Crippen molar-refractivity contribution in [3.8, 4) is 5.88 Å². The van der Waals surface area contributed by atoms with Gasteiger partial charge in [-0.15, -0.1) is 6.58 Å². The molecule has 4 nitrogen and oxygen atoms in total. The fraction of sp³-hybridized carbons (Fsp3) is 0.538. The van der Waals surface area contributed by atoms with E-state index in [1.54, 1.807) is 0 Å². The molecule has 1 aromatic rings. The normalized spacial score (nSPS) is 10.2. The van der Waals surface area contributed by atoms with Crippen molar-refractivity contribution in [3.05, 3.63) is 18.2 Å². The van der Waals surface area contributed by atoms with Gasteiger partial charge in [-0.3, -0.25) is 0 Å². The lowest BCUT2D eigenvalue weighted by molar-refractivity contribution is 0.306. The molecular weight excluding hydrogens is 246 g/mol. The van der Waals surface area contributed by atoms with E-state index in [4.69, 9.17) is 4.74 Å². The number of anilines is 1. The number of hydrogen-bond donors (Lipinski definition) is 1. The Bertz CT molecular complexity index is 396. The molecule has 0 unspecified atom stereocenters. The lowest BCUT2D eigenvalue weighted by Crippen LogP contribution is -2.06. The van der Waals surface area contributed by atoms with Gasteiger partial charge >= 0.3 is 0 Å². The quantitative estimate of drug-likeness (QED) is 0.444. The lowest BCUT2D eigenvalue weighted by atomic mass is 10.3. The highest BCUT2D eigenvalue weighted by Crippen LogP contribution is 2.19. The third-order valence-corrected chi connectivity index (χ3v) is 2.75. The Morgan fingerprint density at radius 3 is 2.89 bits per heavy atom. The van der Waals surface area contributed by atoms with Gasteiger partial charge in [0.1, 0.15) is 5.82 Å². The molecule has 0 aliphatic carbocycles. The summed E-state index contributed by atoms with van der Waals surface area (Å²) in [6.07, 6.45) is 3.86. The van der Waals surface area contributed by atoms with E-state index in [0.29, 0.717) is 12.5 Å². The van der Waals surface area contributed by atoms with Crippen LogP contribution in [0.15, 0.2) is 23.4 Å². The summed E-state index contributed by atoms with van der Waals surface area (Å²) in [7, 11) is 0. The van der Waals surface area contributed by atoms with Crippen molar-refractivity contribution < 1.29 is 4.74 Å². The molecule has 100 valence electrons. The Kier molecular flexibility index (Phi) is 6.57. The minimum Gasteiger partial charge on any atom is -0.477 e. The van der Waals surface area contributed by atoms with Crippen molar-refractivity contribution in [1.29, 1.82) is 0 Å². The van der Waals surface area contributed by atoms with Gasteiger partial charge in [0.15, 0.2) is 5.16 Å². The van der Waals surface area contributed by atoms with Crippen molar-refractivity contribution in [2.75, 3.05) is 24.7 Å². The Balaban J connectivity index is 2.67. The highest BCUT2D eigenvalue weighted by molar-refractivity contribution is 7.98. The molecular formula is C13H21N3OS. The predicted octanol–water partition coefficient (Wildman–Crippen LogP) is 3.37. The maximum atomic E-state index is 5.61. The second-order valence-corrected chi connectivity index (χ2v) is 4.83. The van der Waals surface area contributed by atoms with Gasteiger partial charge in [0.2, 0.25) is 5.88 Å². The summed E-state index contributed by atoms with van der Waals surface area (Å²) < 4.78 is 5.61. The Hall–Kier alpha value is -1.23. The molecule has 0 atom stereocenters. The van der Waals surface area contributed by atoms with Crippen LogP contribution in [0.3, 0.4) is 0 Å².